The second kappa shape index (κ2) is 6.92. The molecule has 6 heteroatoms. The predicted octanol–water partition coefficient (Wildman–Crippen LogP) is 1.13. The third-order valence-electron chi connectivity index (χ3n) is 2.91. The van der Waals surface area contributed by atoms with E-state index in [1.54, 1.807) is 19.0 Å². The highest BCUT2D eigenvalue weighted by molar-refractivity contribution is 5.81. The van der Waals surface area contributed by atoms with Crippen LogP contribution in [0.3, 0.4) is 0 Å². The molecule has 0 radical (unpaired) electrons. The molecule has 106 valence electrons. The topological polar surface area (TPSA) is 61.4 Å². The molecule has 1 heterocycles. The Labute approximate surface area is 114 Å². The molecule has 0 saturated carbocycles. The van der Waals surface area contributed by atoms with Gasteiger partial charge in [0.15, 0.2) is 0 Å². The third kappa shape index (κ3) is 3.81. The Morgan fingerprint density at radius 1 is 1.32 bits per heavy atom. The summed E-state index contributed by atoms with van der Waals surface area (Å²) in [7, 11) is 3.51. The first-order valence-electron chi connectivity index (χ1n) is 6.51. The van der Waals surface area contributed by atoms with Crippen LogP contribution in [0.5, 0.6) is 0 Å². The average Bonchev–Trinajstić information content (AvgIpc) is 2.38. The number of rotatable bonds is 6. The van der Waals surface area contributed by atoms with Crippen LogP contribution in [0.1, 0.15) is 19.4 Å². The monoisotopic (exact) mass is 265 g/mol. The molecule has 0 aliphatic heterocycles. The lowest BCUT2D eigenvalue weighted by atomic mass is 10.2. The first-order valence-corrected chi connectivity index (χ1v) is 6.51. The van der Waals surface area contributed by atoms with E-state index in [9.17, 15) is 4.79 Å². The molecular formula is C13H23N5O. The van der Waals surface area contributed by atoms with Gasteiger partial charge in [-0.2, -0.15) is 0 Å². The van der Waals surface area contributed by atoms with Gasteiger partial charge in [0.25, 0.3) is 0 Å². The largest absolute Gasteiger partial charge is 0.370 e. The van der Waals surface area contributed by atoms with E-state index in [1.807, 2.05) is 25.7 Å². The fourth-order valence-corrected chi connectivity index (χ4v) is 1.75. The Kier molecular flexibility index (Phi) is 5.54. The number of nitrogens with one attached hydrogen (secondary N) is 1. The van der Waals surface area contributed by atoms with Gasteiger partial charge in [0.2, 0.25) is 5.91 Å². The number of nitrogens with zero attached hydrogens (tertiary/aromatic N) is 4. The van der Waals surface area contributed by atoms with Crippen molar-refractivity contribution in [3.8, 4) is 0 Å². The van der Waals surface area contributed by atoms with Crippen molar-refractivity contribution < 1.29 is 4.79 Å². The summed E-state index contributed by atoms with van der Waals surface area (Å²) in [4.78, 5) is 23.9. The molecule has 0 bridgehead atoms. The second-order valence-corrected chi connectivity index (χ2v) is 4.50. The van der Waals surface area contributed by atoms with E-state index in [2.05, 4.69) is 15.3 Å². The number of hydrogen-bond donors (Lipinski definition) is 1. The van der Waals surface area contributed by atoms with Crippen molar-refractivity contribution in [1.29, 1.82) is 0 Å². The van der Waals surface area contributed by atoms with Crippen LogP contribution >= 0.6 is 0 Å². The minimum atomic E-state index is 0.0601. The van der Waals surface area contributed by atoms with Crippen molar-refractivity contribution in [3.63, 3.8) is 0 Å². The van der Waals surface area contributed by atoms with Crippen LogP contribution in [-0.2, 0) is 4.79 Å². The van der Waals surface area contributed by atoms with Gasteiger partial charge in [-0.25, -0.2) is 9.97 Å². The fraction of sp³-hybridized carbons (Fsp3) is 0.615. The quantitative estimate of drug-likeness (QED) is 0.835. The summed E-state index contributed by atoms with van der Waals surface area (Å²) in [6, 6.07) is 0. The van der Waals surface area contributed by atoms with Gasteiger partial charge < -0.3 is 15.1 Å². The summed E-state index contributed by atoms with van der Waals surface area (Å²) < 4.78 is 0. The van der Waals surface area contributed by atoms with Crippen molar-refractivity contribution in [2.45, 2.75) is 20.8 Å². The zero-order valence-corrected chi connectivity index (χ0v) is 12.4. The summed E-state index contributed by atoms with van der Waals surface area (Å²) in [5, 5.41) is 3.20. The fourth-order valence-electron chi connectivity index (χ4n) is 1.75. The molecule has 0 spiro atoms. The zero-order chi connectivity index (χ0) is 14.4. The highest BCUT2D eigenvalue weighted by Gasteiger charge is 2.16. The lowest BCUT2D eigenvalue weighted by molar-refractivity contribution is -0.127. The van der Waals surface area contributed by atoms with Crippen LogP contribution in [0.4, 0.5) is 11.6 Å². The lowest BCUT2D eigenvalue weighted by Gasteiger charge is -2.25. The van der Waals surface area contributed by atoms with E-state index >= 15 is 0 Å². The number of carbonyl (C=O) groups is 1. The van der Waals surface area contributed by atoms with Crippen molar-refractivity contribution in [1.82, 2.24) is 14.9 Å². The molecule has 0 aromatic carbocycles. The Bertz CT molecular complexity index is 433. The van der Waals surface area contributed by atoms with Crippen LogP contribution in [-0.4, -0.2) is 54.5 Å². The maximum absolute atomic E-state index is 11.8. The van der Waals surface area contributed by atoms with Gasteiger partial charge in [0, 0.05) is 32.7 Å². The summed E-state index contributed by atoms with van der Waals surface area (Å²) in [5.74, 6) is 1.69. The summed E-state index contributed by atoms with van der Waals surface area (Å²) in [5.41, 5.74) is 0.970. The summed E-state index contributed by atoms with van der Waals surface area (Å²) in [6.45, 7) is 7.86. The minimum Gasteiger partial charge on any atom is -0.370 e. The van der Waals surface area contributed by atoms with Gasteiger partial charge in [-0.15, -0.1) is 0 Å². The first-order chi connectivity index (χ1) is 9.01. The molecule has 0 atom stereocenters. The Morgan fingerprint density at radius 3 is 2.53 bits per heavy atom. The molecule has 1 aromatic rings. The van der Waals surface area contributed by atoms with E-state index in [-0.39, 0.29) is 5.91 Å². The van der Waals surface area contributed by atoms with Gasteiger partial charge in [-0.1, -0.05) is 0 Å². The van der Waals surface area contributed by atoms with Crippen LogP contribution in [0.25, 0.3) is 0 Å². The number of aromatic nitrogens is 2. The molecule has 0 aliphatic carbocycles. The molecule has 1 rings (SSSR count). The minimum absolute atomic E-state index is 0.0601. The Balaban J connectivity index is 2.98. The average molecular weight is 265 g/mol. The molecule has 0 fully saturated rings. The van der Waals surface area contributed by atoms with E-state index < -0.39 is 0 Å². The summed E-state index contributed by atoms with van der Waals surface area (Å²) in [6.07, 6.45) is 1.53. The van der Waals surface area contributed by atoms with E-state index in [4.69, 9.17) is 0 Å². The molecular weight excluding hydrogens is 242 g/mol. The maximum atomic E-state index is 11.8. The van der Waals surface area contributed by atoms with Gasteiger partial charge in [0.1, 0.15) is 18.0 Å². The maximum Gasteiger partial charge on any atom is 0.241 e. The van der Waals surface area contributed by atoms with Gasteiger partial charge in [-0.3, -0.25) is 4.79 Å². The third-order valence-corrected chi connectivity index (χ3v) is 2.91. The van der Waals surface area contributed by atoms with Crippen molar-refractivity contribution in [2.75, 3.05) is 43.9 Å². The van der Waals surface area contributed by atoms with Gasteiger partial charge in [0.05, 0.1) is 6.54 Å². The van der Waals surface area contributed by atoms with Crippen LogP contribution < -0.4 is 10.2 Å². The van der Waals surface area contributed by atoms with Crippen LogP contribution in [0.2, 0.25) is 0 Å². The van der Waals surface area contributed by atoms with E-state index in [0.29, 0.717) is 6.54 Å². The number of amides is 1. The molecule has 1 amide bonds. The molecule has 6 nitrogen and oxygen atoms in total. The molecule has 0 aliphatic rings. The lowest BCUT2D eigenvalue weighted by Crippen LogP contribution is -2.37. The number of anilines is 2. The van der Waals surface area contributed by atoms with Gasteiger partial charge >= 0.3 is 0 Å². The standard InChI is InChI=1S/C13H23N5O/c1-6-14-12-10(3)13(16-9-15-12)18(7-2)8-11(19)17(4)5/h9H,6-8H2,1-5H3,(H,14,15,16). The molecule has 1 N–H and O–H groups in total. The molecule has 0 saturated heterocycles. The number of likely N-dealkylation sites (N-methyl/N-ethyl adjacent to an activating group) is 2. The van der Waals surface area contributed by atoms with Crippen LogP contribution in [0.15, 0.2) is 6.33 Å². The summed E-state index contributed by atoms with van der Waals surface area (Å²) >= 11 is 0. The van der Waals surface area contributed by atoms with E-state index in [1.165, 1.54) is 6.33 Å². The highest BCUT2D eigenvalue weighted by Crippen LogP contribution is 2.21. The predicted molar refractivity (Wildman–Crippen MR) is 77.5 cm³/mol. The number of carbonyl (C=O) groups excluding carboxylic acids is 1. The smallest absolute Gasteiger partial charge is 0.241 e. The van der Waals surface area contributed by atoms with Crippen molar-refractivity contribution in [2.24, 2.45) is 0 Å². The Morgan fingerprint density at radius 2 is 2.00 bits per heavy atom. The Hall–Kier alpha value is -1.85. The molecule has 0 unspecified atom stereocenters. The van der Waals surface area contributed by atoms with Gasteiger partial charge in [-0.05, 0) is 20.8 Å². The SMILES string of the molecule is CCNc1ncnc(N(CC)CC(=O)N(C)C)c1C. The number of hydrogen-bond acceptors (Lipinski definition) is 5. The van der Waals surface area contributed by atoms with Crippen molar-refractivity contribution in [3.05, 3.63) is 11.9 Å². The van der Waals surface area contributed by atoms with Crippen molar-refractivity contribution >= 4 is 17.5 Å². The normalized spacial score (nSPS) is 10.2. The van der Waals surface area contributed by atoms with Crippen LogP contribution in [0, 0.1) is 6.92 Å². The molecule has 1 aromatic heterocycles. The zero-order valence-electron chi connectivity index (χ0n) is 12.4. The highest BCUT2D eigenvalue weighted by atomic mass is 16.2. The van der Waals surface area contributed by atoms with E-state index in [0.717, 1.165) is 30.3 Å². The first kappa shape index (κ1) is 15.2. The molecule has 19 heavy (non-hydrogen) atoms. The second-order valence-electron chi connectivity index (χ2n) is 4.50.